The molecule has 4 nitrogen and oxygen atoms in total. The molecule has 120 valence electrons. The fraction of sp³-hybridized carbons (Fsp3) is 0.538. The summed E-state index contributed by atoms with van der Waals surface area (Å²) in [6.07, 6.45) is 2.56. The van der Waals surface area contributed by atoms with Crippen molar-refractivity contribution in [2.75, 3.05) is 6.54 Å². The normalized spacial score (nSPS) is 21.6. The van der Waals surface area contributed by atoms with Crippen LogP contribution in [0.2, 0.25) is 0 Å². The molecular formula is C13H19BrClFN2O2S. The van der Waals surface area contributed by atoms with E-state index >= 15 is 0 Å². The van der Waals surface area contributed by atoms with Gasteiger partial charge >= 0.3 is 0 Å². The Balaban J connectivity index is 0.00000220. The lowest BCUT2D eigenvalue weighted by Crippen LogP contribution is -2.51. The van der Waals surface area contributed by atoms with Gasteiger partial charge in [-0.3, -0.25) is 0 Å². The molecule has 2 atom stereocenters. The van der Waals surface area contributed by atoms with Crippen molar-refractivity contribution in [2.24, 2.45) is 5.73 Å². The smallest absolute Gasteiger partial charge is 0.243 e. The lowest BCUT2D eigenvalue weighted by molar-refractivity contribution is 0.227. The quantitative estimate of drug-likeness (QED) is 0.847. The van der Waals surface area contributed by atoms with Crippen LogP contribution in [0.4, 0.5) is 4.39 Å². The lowest BCUT2D eigenvalue weighted by Gasteiger charge is -2.36. The molecule has 1 saturated heterocycles. The summed E-state index contributed by atoms with van der Waals surface area (Å²) in [4.78, 5) is 0.0957. The zero-order chi connectivity index (χ0) is 14.9. The summed E-state index contributed by atoms with van der Waals surface area (Å²) in [6, 6.07) is 3.33. The van der Waals surface area contributed by atoms with E-state index in [4.69, 9.17) is 5.73 Å². The maximum atomic E-state index is 13.3. The van der Waals surface area contributed by atoms with Crippen LogP contribution >= 0.6 is 28.3 Å². The molecule has 0 saturated carbocycles. The molecule has 1 fully saturated rings. The third kappa shape index (κ3) is 3.96. The number of nitrogens with two attached hydrogens (primary N) is 1. The van der Waals surface area contributed by atoms with Crippen LogP contribution in [0.1, 0.15) is 26.2 Å². The Hall–Kier alpha value is -0.210. The Bertz CT molecular complexity index is 598. The maximum Gasteiger partial charge on any atom is 0.243 e. The van der Waals surface area contributed by atoms with Crippen LogP contribution in [-0.2, 0) is 10.0 Å². The van der Waals surface area contributed by atoms with E-state index in [1.807, 2.05) is 6.92 Å². The summed E-state index contributed by atoms with van der Waals surface area (Å²) < 4.78 is 40.2. The highest BCUT2D eigenvalue weighted by atomic mass is 79.9. The van der Waals surface area contributed by atoms with Gasteiger partial charge in [0.1, 0.15) is 5.82 Å². The summed E-state index contributed by atoms with van der Waals surface area (Å²) >= 11 is 3.02. The number of rotatable bonds is 3. The second-order valence-corrected chi connectivity index (χ2v) is 7.86. The molecule has 1 heterocycles. The van der Waals surface area contributed by atoms with E-state index in [0.29, 0.717) is 6.54 Å². The molecule has 0 radical (unpaired) electrons. The van der Waals surface area contributed by atoms with Crippen LogP contribution in [-0.4, -0.2) is 31.4 Å². The van der Waals surface area contributed by atoms with Crippen molar-refractivity contribution in [3.8, 4) is 0 Å². The standard InChI is InChI=1S/C13H18BrFN2O2S.ClH/c1-9(16)13-4-2-3-7-17(13)20(18,19)10-5-6-12(15)11(14)8-10;/h5-6,8-9,13H,2-4,7,16H2,1H3;1H. The Labute approximate surface area is 139 Å². The molecule has 1 aliphatic heterocycles. The third-order valence-corrected chi connectivity index (χ3v) is 6.13. The van der Waals surface area contributed by atoms with E-state index in [1.165, 1.54) is 16.4 Å². The fourth-order valence-electron chi connectivity index (χ4n) is 2.53. The first-order valence-corrected chi connectivity index (χ1v) is 8.80. The number of hydrogen-bond acceptors (Lipinski definition) is 3. The van der Waals surface area contributed by atoms with Gasteiger partial charge in [0.25, 0.3) is 0 Å². The summed E-state index contributed by atoms with van der Waals surface area (Å²) in [5.41, 5.74) is 5.91. The van der Waals surface area contributed by atoms with Crippen LogP contribution in [0.25, 0.3) is 0 Å². The Morgan fingerprint density at radius 3 is 2.67 bits per heavy atom. The highest BCUT2D eigenvalue weighted by Crippen LogP contribution is 2.28. The van der Waals surface area contributed by atoms with E-state index in [0.717, 1.165) is 25.3 Å². The number of piperidine rings is 1. The van der Waals surface area contributed by atoms with E-state index in [2.05, 4.69) is 15.9 Å². The number of halogens is 3. The number of sulfonamides is 1. The van der Waals surface area contributed by atoms with Crippen molar-refractivity contribution in [1.29, 1.82) is 0 Å². The van der Waals surface area contributed by atoms with Crippen molar-refractivity contribution in [1.82, 2.24) is 4.31 Å². The highest BCUT2D eigenvalue weighted by Gasteiger charge is 2.35. The maximum absolute atomic E-state index is 13.3. The number of benzene rings is 1. The largest absolute Gasteiger partial charge is 0.326 e. The molecule has 2 N–H and O–H groups in total. The van der Waals surface area contributed by atoms with Crippen LogP contribution in [0, 0.1) is 5.82 Å². The van der Waals surface area contributed by atoms with E-state index in [-0.39, 0.29) is 33.9 Å². The molecule has 8 heteroatoms. The minimum Gasteiger partial charge on any atom is -0.326 e. The van der Waals surface area contributed by atoms with Gasteiger partial charge in [0.2, 0.25) is 10.0 Å². The van der Waals surface area contributed by atoms with Gasteiger partial charge in [-0.2, -0.15) is 4.31 Å². The zero-order valence-corrected chi connectivity index (χ0v) is 14.8. The summed E-state index contributed by atoms with van der Waals surface area (Å²) in [7, 11) is -3.64. The summed E-state index contributed by atoms with van der Waals surface area (Å²) in [6.45, 7) is 2.28. The monoisotopic (exact) mass is 400 g/mol. The van der Waals surface area contributed by atoms with Gasteiger partial charge in [0, 0.05) is 18.6 Å². The molecule has 2 unspecified atom stereocenters. The first-order valence-electron chi connectivity index (χ1n) is 6.56. The number of nitrogens with zero attached hydrogens (tertiary/aromatic N) is 1. The Morgan fingerprint density at radius 1 is 1.43 bits per heavy atom. The molecule has 2 rings (SSSR count). The Morgan fingerprint density at radius 2 is 2.10 bits per heavy atom. The molecule has 21 heavy (non-hydrogen) atoms. The molecule has 0 spiro atoms. The number of hydrogen-bond donors (Lipinski definition) is 1. The average molecular weight is 402 g/mol. The second-order valence-electron chi connectivity index (χ2n) is 5.11. The van der Waals surface area contributed by atoms with E-state index < -0.39 is 15.8 Å². The molecule has 0 aliphatic carbocycles. The van der Waals surface area contributed by atoms with Gasteiger partial charge in [-0.25, -0.2) is 12.8 Å². The molecule has 1 aromatic carbocycles. The zero-order valence-electron chi connectivity index (χ0n) is 11.6. The van der Waals surface area contributed by atoms with Gasteiger partial charge in [-0.05, 0) is 53.9 Å². The average Bonchev–Trinajstić information content (AvgIpc) is 2.41. The molecule has 0 bridgehead atoms. The minimum absolute atomic E-state index is 0. The van der Waals surface area contributed by atoms with Crippen LogP contribution in [0.5, 0.6) is 0 Å². The highest BCUT2D eigenvalue weighted by molar-refractivity contribution is 9.10. The minimum atomic E-state index is -3.64. The third-order valence-electron chi connectivity index (χ3n) is 3.60. The molecule has 0 aromatic heterocycles. The van der Waals surface area contributed by atoms with Crippen molar-refractivity contribution < 1.29 is 12.8 Å². The van der Waals surface area contributed by atoms with Crippen molar-refractivity contribution in [3.63, 3.8) is 0 Å². The van der Waals surface area contributed by atoms with Gasteiger partial charge in [0.05, 0.1) is 9.37 Å². The van der Waals surface area contributed by atoms with Gasteiger partial charge in [-0.1, -0.05) is 6.42 Å². The summed E-state index contributed by atoms with van der Waals surface area (Å²) in [5, 5.41) is 0. The fourth-order valence-corrected chi connectivity index (χ4v) is 4.86. The van der Waals surface area contributed by atoms with E-state index in [9.17, 15) is 12.8 Å². The topological polar surface area (TPSA) is 63.4 Å². The predicted octanol–water partition coefficient (Wildman–Crippen LogP) is 2.90. The lowest BCUT2D eigenvalue weighted by atomic mass is 10.00. The van der Waals surface area contributed by atoms with Crippen molar-refractivity contribution in [3.05, 3.63) is 28.5 Å². The van der Waals surface area contributed by atoms with Gasteiger partial charge in [0.15, 0.2) is 0 Å². The molecular weight excluding hydrogens is 383 g/mol. The van der Waals surface area contributed by atoms with Crippen LogP contribution < -0.4 is 5.73 Å². The molecule has 1 aromatic rings. The van der Waals surface area contributed by atoms with Crippen LogP contribution in [0.15, 0.2) is 27.6 Å². The molecule has 0 amide bonds. The molecule has 1 aliphatic rings. The SMILES string of the molecule is CC(N)C1CCCCN1S(=O)(=O)c1ccc(F)c(Br)c1.Cl. The summed E-state index contributed by atoms with van der Waals surface area (Å²) in [5.74, 6) is -0.480. The van der Waals surface area contributed by atoms with Crippen LogP contribution in [0.3, 0.4) is 0 Å². The Kier molecular flexibility index (Phi) is 6.61. The van der Waals surface area contributed by atoms with Crippen molar-refractivity contribution >= 4 is 38.4 Å². The van der Waals surface area contributed by atoms with Gasteiger partial charge in [-0.15, -0.1) is 12.4 Å². The van der Waals surface area contributed by atoms with Crippen molar-refractivity contribution in [2.45, 2.75) is 43.2 Å². The first kappa shape index (κ1) is 18.8. The van der Waals surface area contributed by atoms with Gasteiger partial charge < -0.3 is 5.73 Å². The first-order chi connectivity index (χ1) is 9.34. The predicted molar refractivity (Wildman–Crippen MR) is 86.5 cm³/mol. The second kappa shape index (κ2) is 7.37. The van der Waals surface area contributed by atoms with E-state index in [1.54, 1.807) is 0 Å².